The van der Waals surface area contributed by atoms with Gasteiger partial charge in [0.25, 0.3) is 0 Å². The van der Waals surface area contributed by atoms with Crippen molar-refractivity contribution in [2.75, 3.05) is 43.6 Å². The second-order valence-electron chi connectivity index (χ2n) is 15.8. The Morgan fingerprint density at radius 2 is 1.92 bits per heavy atom. The van der Waals surface area contributed by atoms with Crippen molar-refractivity contribution in [1.82, 2.24) is 5.32 Å². The molecule has 1 aromatic carbocycles. The molecule has 7 rings (SSSR count). The van der Waals surface area contributed by atoms with Gasteiger partial charge in [-0.05, 0) is 103 Å². The molecule has 8 nitrogen and oxygen atoms in total. The van der Waals surface area contributed by atoms with E-state index >= 15 is 0 Å². The van der Waals surface area contributed by atoms with Gasteiger partial charge in [0.2, 0.25) is 0 Å². The minimum Gasteiger partial charge on any atom is -0.396 e. The Labute approximate surface area is 306 Å². The molecule has 0 aromatic heterocycles. The van der Waals surface area contributed by atoms with Gasteiger partial charge in [0, 0.05) is 54.8 Å². The number of allylic oxidation sites excluding steroid dienone is 2. The molecular weight excluding hydrogens is 695 g/mol. The molecule has 7 N–H and O–H groups in total. The highest BCUT2D eigenvalue weighted by molar-refractivity contribution is 8.77. The Kier molecular flexibility index (Phi) is 11.1. The van der Waals surface area contributed by atoms with Gasteiger partial charge in [0.15, 0.2) is 11.7 Å². The number of ketones is 1. The Hall–Kier alpha value is -0.860. The van der Waals surface area contributed by atoms with Crippen LogP contribution in [0.15, 0.2) is 34.3 Å². The number of carbonyl (C=O) groups is 1. The van der Waals surface area contributed by atoms with Crippen molar-refractivity contribution in [1.29, 1.82) is 0 Å². The van der Waals surface area contributed by atoms with E-state index < -0.39 is 0 Å². The Bertz CT molecular complexity index is 1480. The van der Waals surface area contributed by atoms with Gasteiger partial charge in [-0.3, -0.25) is 9.79 Å². The molecule has 2 saturated carbocycles. The van der Waals surface area contributed by atoms with Gasteiger partial charge in [0.05, 0.1) is 24.0 Å². The van der Waals surface area contributed by atoms with Crippen molar-refractivity contribution in [3.05, 3.63) is 46.0 Å². The number of aliphatic hydroxyl groups is 4. The van der Waals surface area contributed by atoms with Crippen LogP contribution in [0.2, 0.25) is 0 Å². The van der Waals surface area contributed by atoms with Crippen molar-refractivity contribution in [3.63, 3.8) is 0 Å². The monoisotopic (exact) mass is 747 g/mol. The average Bonchev–Trinajstić information content (AvgIpc) is 3.42. The van der Waals surface area contributed by atoms with E-state index in [-0.39, 0.29) is 71.7 Å². The van der Waals surface area contributed by atoms with E-state index in [0.717, 1.165) is 84.5 Å². The maximum absolute atomic E-state index is 14.5. The molecule has 3 heterocycles. The molecule has 6 aliphatic rings. The number of rotatable bonds is 6. The van der Waals surface area contributed by atoms with Gasteiger partial charge >= 0.3 is 0 Å². The van der Waals surface area contributed by atoms with Crippen LogP contribution >= 0.6 is 43.2 Å². The van der Waals surface area contributed by atoms with Crippen LogP contribution in [0.4, 0.5) is 0 Å². The smallest absolute Gasteiger partial charge is 0.189 e. The molecule has 9 unspecified atom stereocenters. The number of hydrogen-bond acceptors (Lipinski definition) is 12. The summed E-state index contributed by atoms with van der Waals surface area (Å²) in [5.74, 6) is 4.61. The van der Waals surface area contributed by atoms with E-state index in [9.17, 15) is 25.2 Å². The molecule has 49 heavy (non-hydrogen) atoms. The van der Waals surface area contributed by atoms with E-state index in [4.69, 9.17) is 10.7 Å². The molecule has 1 aromatic rings. The summed E-state index contributed by atoms with van der Waals surface area (Å²) in [7, 11) is 7.39. The number of benzene rings is 1. The van der Waals surface area contributed by atoms with E-state index in [2.05, 4.69) is 18.3 Å². The number of fused-ring (bicyclic) bond motifs is 3. The summed E-state index contributed by atoms with van der Waals surface area (Å²) in [6, 6.07) is 6.24. The molecule has 270 valence electrons. The zero-order chi connectivity index (χ0) is 34.4. The lowest BCUT2D eigenvalue weighted by molar-refractivity contribution is -0.125. The molecule has 3 aliphatic heterocycles. The Balaban J connectivity index is 1.33. The fraction of sp³-hybridized carbons (Fsp3) is 0.730. The van der Waals surface area contributed by atoms with Crippen LogP contribution in [0, 0.1) is 40.4 Å². The van der Waals surface area contributed by atoms with Crippen molar-refractivity contribution >= 4 is 54.9 Å². The molecule has 9 bridgehead atoms. The number of nitrogens with one attached hydrogen (secondary N) is 1. The third kappa shape index (κ3) is 6.33. The molecule has 0 saturated heterocycles. The predicted molar refractivity (Wildman–Crippen MR) is 204 cm³/mol. The third-order valence-corrected chi connectivity index (χ3v) is 19.0. The van der Waals surface area contributed by atoms with E-state index in [0.29, 0.717) is 37.0 Å². The van der Waals surface area contributed by atoms with Crippen LogP contribution < -0.4 is 11.1 Å². The topological polar surface area (TPSA) is 148 Å². The molecule has 9 atom stereocenters. The third-order valence-electron chi connectivity index (χ3n) is 13.5. The van der Waals surface area contributed by atoms with Crippen molar-refractivity contribution < 1.29 is 25.2 Å². The van der Waals surface area contributed by atoms with Crippen molar-refractivity contribution in [2.24, 2.45) is 51.1 Å². The highest BCUT2D eigenvalue weighted by Gasteiger charge is 2.69. The molecule has 0 amide bonds. The summed E-state index contributed by atoms with van der Waals surface area (Å²) >= 11 is 0. The maximum Gasteiger partial charge on any atom is 0.189 e. The highest BCUT2D eigenvalue weighted by atomic mass is 33.1. The zero-order valence-corrected chi connectivity index (χ0v) is 31.8. The van der Waals surface area contributed by atoms with Crippen molar-refractivity contribution in [3.8, 4) is 0 Å². The molecule has 12 heteroatoms. The fourth-order valence-electron chi connectivity index (χ4n) is 11.1. The molecular formula is C37H53N3O5S4. The lowest BCUT2D eigenvalue weighted by atomic mass is 9.47. The number of guanidine groups is 1. The van der Waals surface area contributed by atoms with Gasteiger partial charge in [-0.25, -0.2) is 0 Å². The van der Waals surface area contributed by atoms with Gasteiger partial charge in [0.1, 0.15) is 0 Å². The van der Waals surface area contributed by atoms with Crippen LogP contribution in [0.5, 0.6) is 0 Å². The number of aliphatic imine (C=N–C) groups is 1. The first kappa shape index (κ1) is 36.5. The van der Waals surface area contributed by atoms with Crippen molar-refractivity contribution in [2.45, 2.75) is 82.1 Å². The Morgan fingerprint density at radius 1 is 1.06 bits per heavy atom. The first-order valence-corrected chi connectivity index (χ1v) is 23.0. The Morgan fingerprint density at radius 3 is 2.69 bits per heavy atom. The highest BCUT2D eigenvalue weighted by Crippen LogP contribution is 2.75. The second-order valence-corrected chi connectivity index (χ2v) is 20.9. The van der Waals surface area contributed by atoms with Crippen LogP contribution in [0.3, 0.4) is 0 Å². The first-order valence-electron chi connectivity index (χ1n) is 18.1. The predicted octanol–water partition coefficient (Wildman–Crippen LogP) is 5.29. The quantitative estimate of drug-likeness (QED) is 0.211. The minimum absolute atomic E-state index is 0.0224. The summed E-state index contributed by atoms with van der Waals surface area (Å²) in [6.45, 7) is 3.33. The van der Waals surface area contributed by atoms with Gasteiger partial charge in [-0.2, -0.15) is 0 Å². The average molecular weight is 748 g/mol. The van der Waals surface area contributed by atoms with E-state index in [1.54, 1.807) is 21.6 Å². The molecule has 2 fully saturated rings. The lowest BCUT2D eigenvalue weighted by Gasteiger charge is -2.57. The largest absolute Gasteiger partial charge is 0.396 e. The van der Waals surface area contributed by atoms with Gasteiger partial charge in [-0.1, -0.05) is 73.9 Å². The first-order chi connectivity index (χ1) is 23.7. The number of nitrogens with two attached hydrogens (primary N) is 1. The summed E-state index contributed by atoms with van der Waals surface area (Å²) in [5.41, 5.74) is 11.4. The van der Waals surface area contributed by atoms with E-state index in [1.807, 2.05) is 33.7 Å². The fourth-order valence-corrected chi connectivity index (χ4v) is 16.7. The van der Waals surface area contributed by atoms with Gasteiger partial charge < -0.3 is 31.5 Å². The van der Waals surface area contributed by atoms with E-state index in [1.165, 1.54) is 5.57 Å². The number of nitrogens with zero attached hydrogens (tertiary/aromatic N) is 1. The lowest BCUT2D eigenvalue weighted by Crippen LogP contribution is -2.62. The zero-order valence-electron chi connectivity index (χ0n) is 28.6. The molecule has 0 radical (unpaired) electrons. The van der Waals surface area contributed by atoms with Crippen LogP contribution in [-0.4, -0.2) is 81.3 Å². The van der Waals surface area contributed by atoms with Crippen LogP contribution in [0.1, 0.15) is 80.2 Å². The normalized spacial score (nSPS) is 39.4. The van der Waals surface area contributed by atoms with Crippen LogP contribution in [0.25, 0.3) is 0 Å². The van der Waals surface area contributed by atoms with Gasteiger partial charge in [-0.15, -0.1) is 0 Å². The second kappa shape index (κ2) is 14.9. The molecule has 3 aliphatic carbocycles. The van der Waals surface area contributed by atoms with Crippen LogP contribution in [-0.2, 0) is 17.8 Å². The standard InChI is InChI=1S/C37H53N3O5S4/c1-35-6-8-46-48-21-36-14-22(9-29-31-13-27(35)12-26(18-43)30(3-2-7-41)37(31,35)15-32(29)45)20-47-49-33(19-44)23-4-5-24(17-42)25(10-23)11-28(36)16-39-34(38)40-36/h4-5,10,22,26-28,30,33,41-44H,2-3,6-9,11-21H2,1H3,(H3,38,39,40). The summed E-state index contributed by atoms with van der Waals surface area (Å²) in [6.07, 6.45) is 7.38. The number of aliphatic hydroxyl groups excluding tert-OH is 4. The molecule has 2 spiro atoms. The minimum atomic E-state index is -0.346. The summed E-state index contributed by atoms with van der Waals surface area (Å²) < 4.78 is 0. The number of Topliss-reactive ketones (excluding diaryl/α,β-unsaturated/α-hetero) is 1. The SMILES string of the molecule is CC12CCSSCC34CC(CSSC(CO)c5ccc(CO)c(c5)CC3CN=C(N)N4)CC3=C4CC1CC(CO)C(CCCO)C42CC3=O. The number of carbonyl (C=O) groups excluding carboxylic acids is 1. The maximum atomic E-state index is 14.5. The number of hydrogen-bond donors (Lipinski definition) is 6. The summed E-state index contributed by atoms with van der Waals surface area (Å²) in [4.78, 5) is 19.2. The summed E-state index contributed by atoms with van der Waals surface area (Å²) in [5, 5.41) is 45.1.